The minimum absolute atomic E-state index is 0.113. The summed E-state index contributed by atoms with van der Waals surface area (Å²) in [6.07, 6.45) is 0. The van der Waals surface area contributed by atoms with E-state index in [-0.39, 0.29) is 29.7 Å². The fourth-order valence-corrected chi connectivity index (χ4v) is 2.04. The van der Waals surface area contributed by atoms with Crippen LogP contribution in [0.4, 0.5) is 0 Å². The molecule has 1 unspecified atom stereocenters. The van der Waals surface area contributed by atoms with E-state index in [0.29, 0.717) is 0 Å². The quantitative estimate of drug-likeness (QED) is 0.803. The molecule has 0 radical (unpaired) electrons. The minimum atomic E-state index is -0.388. The molecule has 0 saturated heterocycles. The second-order valence-corrected chi connectivity index (χ2v) is 5.20. The lowest BCUT2D eigenvalue weighted by atomic mass is 10.00. The van der Waals surface area contributed by atoms with Crippen molar-refractivity contribution in [2.45, 2.75) is 39.8 Å². The van der Waals surface area contributed by atoms with Crippen LogP contribution >= 0.6 is 0 Å². The first-order valence-electron chi connectivity index (χ1n) is 6.50. The third-order valence-electron chi connectivity index (χ3n) is 3.20. The first kappa shape index (κ1) is 15.5. The summed E-state index contributed by atoms with van der Waals surface area (Å²) in [5.74, 6) is 0.0725. The molecule has 0 amide bonds. The van der Waals surface area contributed by atoms with Gasteiger partial charge in [-0.15, -0.1) is 0 Å². The Morgan fingerprint density at radius 1 is 1.32 bits per heavy atom. The molecule has 4 nitrogen and oxygen atoms in total. The zero-order chi connectivity index (χ0) is 14.6. The molecule has 0 bridgehead atoms. The van der Waals surface area contributed by atoms with Gasteiger partial charge in [-0.05, 0) is 31.4 Å². The Hall–Kier alpha value is -1.55. The average molecular weight is 265 g/mol. The van der Waals surface area contributed by atoms with Crippen LogP contribution in [-0.2, 0) is 9.53 Å². The van der Waals surface area contributed by atoms with Gasteiger partial charge in [0.15, 0.2) is 0 Å². The van der Waals surface area contributed by atoms with Gasteiger partial charge in [-0.1, -0.05) is 26.0 Å². The molecule has 106 valence electrons. The van der Waals surface area contributed by atoms with E-state index in [0.717, 1.165) is 11.1 Å². The van der Waals surface area contributed by atoms with Crippen LogP contribution in [0.5, 0.6) is 5.75 Å². The molecule has 1 rings (SSSR count). The average Bonchev–Trinajstić information content (AvgIpc) is 2.34. The number of carbonyl (C=O) groups excluding carboxylic acids is 1. The number of ether oxygens (including phenoxy) is 1. The monoisotopic (exact) mass is 265 g/mol. The number of hydrogen-bond acceptors (Lipinski definition) is 4. The van der Waals surface area contributed by atoms with Crippen LogP contribution in [-0.4, -0.2) is 24.2 Å². The number of esters is 1. The topological polar surface area (TPSA) is 58.6 Å². The summed E-state index contributed by atoms with van der Waals surface area (Å²) in [5.41, 5.74) is 1.78. The molecule has 0 aliphatic rings. The van der Waals surface area contributed by atoms with E-state index in [9.17, 15) is 9.90 Å². The van der Waals surface area contributed by atoms with Crippen LogP contribution in [0.1, 0.15) is 37.9 Å². The Bertz CT molecular complexity index is 443. The van der Waals surface area contributed by atoms with E-state index in [4.69, 9.17) is 4.74 Å². The van der Waals surface area contributed by atoms with Gasteiger partial charge in [0.1, 0.15) is 11.8 Å². The Kier molecular flexibility index (Phi) is 5.36. The summed E-state index contributed by atoms with van der Waals surface area (Å²) in [7, 11) is 1.38. The highest BCUT2D eigenvalue weighted by Gasteiger charge is 2.25. The number of benzene rings is 1. The minimum Gasteiger partial charge on any atom is -0.508 e. The predicted molar refractivity (Wildman–Crippen MR) is 75.0 cm³/mol. The first-order valence-corrected chi connectivity index (χ1v) is 6.50. The van der Waals surface area contributed by atoms with Crippen LogP contribution < -0.4 is 5.32 Å². The number of aryl methyl sites for hydroxylation is 1. The second-order valence-electron chi connectivity index (χ2n) is 5.20. The van der Waals surface area contributed by atoms with Crippen LogP contribution in [0.25, 0.3) is 0 Å². The van der Waals surface area contributed by atoms with Crippen molar-refractivity contribution in [2.24, 2.45) is 5.92 Å². The largest absolute Gasteiger partial charge is 0.508 e. The van der Waals surface area contributed by atoms with Gasteiger partial charge in [0.05, 0.1) is 7.11 Å². The van der Waals surface area contributed by atoms with Crippen molar-refractivity contribution >= 4 is 5.97 Å². The van der Waals surface area contributed by atoms with Gasteiger partial charge in [0.25, 0.3) is 0 Å². The molecule has 4 heteroatoms. The lowest BCUT2D eigenvalue weighted by Gasteiger charge is -2.25. The Morgan fingerprint density at radius 3 is 2.42 bits per heavy atom. The number of phenols is 1. The third-order valence-corrected chi connectivity index (χ3v) is 3.20. The van der Waals surface area contributed by atoms with Crippen molar-refractivity contribution in [3.63, 3.8) is 0 Å². The van der Waals surface area contributed by atoms with Crippen LogP contribution in [0.2, 0.25) is 0 Å². The molecular formula is C15H23NO3. The van der Waals surface area contributed by atoms with E-state index >= 15 is 0 Å². The van der Waals surface area contributed by atoms with E-state index in [1.165, 1.54) is 7.11 Å². The van der Waals surface area contributed by atoms with Crippen LogP contribution in [0.3, 0.4) is 0 Å². The molecule has 0 heterocycles. The van der Waals surface area contributed by atoms with Gasteiger partial charge >= 0.3 is 5.97 Å². The molecule has 0 aliphatic heterocycles. The number of carbonyl (C=O) groups is 1. The molecule has 0 spiro atoms. The van der Waals surface area contributed by atoms with Gasteiger partial charge in [-0.2, -0.15) is 0 Å². The summed E-state index contributed by atoms with van der Waals surface area (Å²) in [6.45, 7) is 7.75. The molecule has 2 atom stereocenters. The molecule has 2 N–H and O–H groups in total. The van der Waals surface area contributed by atoms with E-state index < -0.39 is 0 Å². The normalized spacial score (nSPS) is 14.2. The van der Waals surface area contributed by atoms with Gasteiger partial charge in [0.2, 0.25) is 0 Å². The zero-order valence-electron chi connectivity index (χ0n) is 12.2. The lowest BCUT2D eigenvalue weighted by Crippen LogP contribution is -2.42. The van der Waals surface area contributed by atoms with Gasteiger partial charge < -0.3 is 9.84 Å². The summed E-state index contributed by atoms with van der Waals surface area (Å²) >= 11 is 0. The maximum Gasteiger partial charge on any atom is 0.323 e. The van der Waals surface area contributed by atoms with Crippen molar-refractivity contribution in [2.75, 3.05) is 7.11 Å². The SMILES string of the molecule is COC(=O)[C@@H](NC(C)c1ccc(C)cc1O)C(C)C. The predicted octanol–water partition coefficient (Wildman–Crippen LogP) is 2.55. The van der Waals surface area contributed by atoms with Gasteiger partial charge in [-0.3, -0.25) is 10.1 Å². The summed E-state index contributed by atoms with van der Waals surface area (Å²) in [5, 5.41) is 13.2. The third kappa shape index (κ3) is 3.96. The number of aromatic hydroxyl groups is 1. The Morgan fingerprint density at radius 2 is 1.95 bits per heavy atom. The summed E-state index contributed by atoms with van der Waals surface area (Å²) in [4.78, 5) is 11.7. The number of methoxy groups -OCH3 is 1. The van der Waals surface area contributed by atoms with Crippen LogP contribution in [0.15, 0.2) is 18.2 Å². The van der Waals surface area contributed by atoms with Gasteiger partial charge in [-0.25, -0.2) is 0 Å². The van der Waals surface area contributed by atoms with Gasteiger partial charge in [0, 0.05) is 11.6 Å². The van der Waals surface area contributed by atoms with E-state index in [2.05, 4.69) is 5.32 Å². The summed E-state index contributed by atoms with van der Waals surface area (Å²) < 4.78 is 4.80. The summed E-state index contributed by atoms with van der Waals surface area (Å²) in [6, 6.07) is 5.01. The molecule has 1 aromatic rings. The lowest BCUT2D eigenvalue weighted by molar-refractivity contribution is -0.144. The number of nitrogens with one attached hydrogen (secondary N) is 1. The highest BCUT2D eigenvalue weighted by atomic mass is 16.5. The van der Waals surface area contributed by atoms with E-state index in [1.807, 2.05) is 39.8 Å². The standard InChI is InChI=1S/C15H23NO3/c1-9(2)14(15(18)19-5)16-11(4)12-7-6-10(3)8-13(12)17/h6-9,11,14,16-17H,1-5H3/t11?,14-/m0/s1. The molecule has 0 saturated carbocycles. The van der Waals surface area contributed by atoms with Crippen molar-refractivity contribution < 1.29 is 14.6 Å². The van der Waals surface area contributed by atoms with E-state index in [1.54, 1.807) is 6.07 Å². The van der Waals surface area contributed by atoms with Crippen LogP contribution in [0, 0.1) is 12.8 Å². The second kappa shape index (κ2) is 6.57. The Balaban J connectivity index is 2.87. The number of hydrogen-bond donors (Lipinski definition) is 2. The van der Waals surface area contributed by atoms with Crippen molar-refractivity contribution in [3.8, 4) is 5.75 Å². The molecular weight excluding hydrogens is 242 g/mol. The van der Waals surface area contributed by atoms with Crippen molar-refractivity contribution in [1.29, 1.82) is 0 Å². The molecule has 0 fully saturated rings. The van der Waals surface area contributed by atoms with Crippen molar-refractivity contribution in [1.82, 2.24) is 5.32 Å². The maximum absolute atomic E-state index is 11.7. The highest BCUT2D eigenvalue weighted by molar-refractivity contribution is 5.76. The maximum atomic E-state index is 11.7. The molecule has 0 aromatic heterocycles. The highest BCUT2D eigenvalue weighted by Crippen LogP contribution is 2.26. The Labute approximate surface area is 114 Å². The zero-order valence-corrected chi connectivity index (χ0v) is 12.2. The molecule has 1 aromatic carbocycles. The fraction of sp³-hybridized carbons (Fsp3) is 0.533. The molecule has 0 aliphatic carbocycles. The molecule has 19 heavy (non-hydrogen) atoms. The smallest absolute Gasteiger partial charge is 0.323 e. The number of rotatable bonds is 5. The van der Waals surface area contributed by atoms with Crippen molar-refractivity contribution in [3.05, 3.63) is 29.3 Å². The fourth-order valence-electron chi connectivity index (χ4n) is 2.04. The number of phenolic OH excluding ortho intramolecular Hbond substituents is 1. The first-order chi connectivity index (χ1) is 8.86.